The van der Waals surface area contributed by atoms with Crippen LogP contribution in [-0.4, -0.2) is 13.0 Å². The number of benzene rings is 2. The fourth-order valence-corrected chi connectivity index (χ4v) is 2.33. The summed E-state index contributed by atoms with van der Waals surface area (Å²) in [5.41, 5.74) is 8.91. The van der Waals surface area contributed by atoms with Crippen LogP contribution >= 0.6 is 0 Å². The van der Waals surface area contributed by atoms with Crippen molar-refractivity contribution in [3.05, 3.63) is 65.2 Å². The second-order valence-corrected chi connectivity index (χ2v) is 5.36. The molecular formula is C18H22N2O2. The van der Waals surface area contributed by atoms with E-state index in [1.807, 2.05) is 62.4 Å². The Morgan fingerprint density at radius 3 is 2.41 bits per heavy atom. The highest BCUT2D eigenvalue weighted by molar-refractivity contribution is 5.83. The topological polar surface area (TPSA) is 64.3 Å². The molecule has 0 heterocycles. The summed E-state index contributed by atoms with van der Waals surface area (Å²) in [6.45, 7) is 3.91. The molecule has 2 rings (SSSR count). The number of methoxy groups -OCH3 is 1. The van der Waals surface area contributed by atoms with E-state index in [1.165, 1.54) is 0 Å². The molecule has 0 spiro atoms. The van der Waals surface area contributed by atoms with E-state index in [1.54, 1.807) is 7.11 Å². The van der Waals surface area contributed by atoms with Crippen molar-refractivity contribution >= 4 is 5.91 Å². The minimum absolute atomic E-state index is 0.180. The number of para-hydroxylation sites is 1. The highest BCUT2D eigenvalue weighted by atomic mass is 16.5. The van der Waals surface area contributed by atoms with E-state index < -0.39 is 6.04 Å². The summed E-state index contributed by atoms with van der Waals surface area (Å²) in [4.78, 5) is 12.3. The third kappa shape index (κ3) is 3.65. The molecule has 2 atom stereocenters. The molecule has 0 bridgehead atoms. The lowest BCUT2D eigenvalue weighted by molar-refractivity contribution is -0.123. The zero-order valence-corrected chi connectivity index (χ0v) is 13.2. The third-order valence-electron chi connectivity index (χ3n) is 3.68. The Bertz CT molecular complexity index is 638. The monoisotopic (exact) mass is 298 g/mol. The average Bonchev–Trinajstić information content (AvgIpc) is 2.54. The minimum Gasteiger partial charge on any atom is -0.496 e. The van der Waals surface area contributed by atoms with Crippen molar-refractivity contribution in [2.24, 2.45) is 5.73 Å². The smallest absolute Gasteiger partial charge is 0.241 e. The normalized spacial score (nSPS) is 13.3. The first-order chi connectivity index (χ1) is 10.5. The van der Waals surface area contributed by atoms with Crippen LogP contribution < -0.4 is 15.8 Å². The first kappa shape index (κ1) is 16.0. The number of ether oxygens (including phenoxy) is 1. The molecule has 0 aliphatic carbocycles. The first-order valence-corrected chi connectivity index (χ1v) is 7.28. The highest BCUT2D eigenvalue weighted by Gasteiger charge is 2.19. The van der Waals surface area contributed by atoms with Gasteiger partial charge in [0.05, 0.1) is 13.2 Å². The van der Waals surface area contributed by atoms with Crippen LogP contribution in [-0.2, 0) is 4.79 Å². The molecule has 4 heteroatoms. The van der Waals surface area contributed by atoms with Crippen molar-refractivity contribution in [1.29, 1.82) is 0 Å². The Morgan fingerprint density at radius 1 is 1.14 bits per heavy atom. The van der Waals surface area contributed by atoms with E-state index in [0.717, 1.165) is 22.4 Å². The zero-order valence-electron chi connectivity index (χ0n) is 13.2. The maximum atomic E-state index is 12.3. The number of carbonyl (C=O) groups is 1. The number of amides is 1. The molecule has 0 aliphatic rings. The maximum absolute atomic E-state index is 12.3. The third-order valence-corrected chi connectivity index (χ3v) is 3.68. The van der Waals surface area contributed by atoms with Crippen LogP contribution in [0.1, 0.15) is 35.7 Å². The lowest BCUT2D eigenvalue weighted by Crippen LogP contribution is -2.35. The van der Waals surface area contributed by atoms with Gasteiger partial charge in [0.15, 0.2) is 0 Å². The second-order valence-electron chi connectivity index (χ2n) is 5.36. The standard InChI is InChI=1S/C18H22N2O2/c1-12-8-10-14(11-9-12)17(19)18(21)20-13(2)15-6-4-5-7-16(15)22-3/h4-11,13,17H,19H2,1-3H3,(H,20,21). The Kier molecular flexibility index (Phi) is 5.17. The van der Waals surface area contributed by atoms with Crippen LogP contribution in [0.4, 0.5) is 0 Å². The molecule has 0 fully saturated rings. The molecule has 4 nitrogen and oxygen atoms in total. The molecular weight excluding hydrogens is 276 g/mol. The molecule has 0 radical (unpaired) electrons. The van der Waals surface area contributed by atoms with Crippen molar-refractivity contribution in [1.82, 2.24) is 5.32 Å². The number of carbonyl (C=O) groups excluding carboxylic acids is 1. The molecule has 2 aromatic carbocycles. The van der Waals surface area contributed by atoms with Gasteiger partial charge in [-0.15, -0.1) is 0 Å². The largest absolute Gasteiger partial charge is 0.496 e. The number of hydrogen-bond donors (Lipinski definition) is 2. The van der Waals surface area contributed by atoms with Crippen LogP contribution in [0.5, 0.6) is 5.75 Å². The van der Waals surface area contributed by atoms with E-state index in [-0.39, 0.29) is 11.9 Å². The molecule has 22 heavy (non-hydrogen) atoms. The first-order valence-electron chi connectivity index (χ1n) is 7.28. The second kappa shape index (κ2) is 7.09. The Labute approximate surface area is 131 Å². The summed E-state index contributed by atoms with van der Waals surface area (Å²) in [6, 6.07) is 14.4. The van der Waals surface area contributed by atoms with Crippen LogP contribution in [0.15, 0.2) is 48.5 Å². The number of nitrogens with two attached hydrogens (primary N) is 1. The number of aryl methyl sites for hydroxylation is 1. The van der Waals surface area contributed by atoms with Gasteiger partial charge in [-0.05, 0) is 25.5 Å². The van der Waals surface area contributed by atoms with Gasteiger partial charge < -0.3 is 15.8 Å². The molecule has 2 unspecified atom stereocenters. The van der Waals surface area contributed by atoms with E-state index in [9.17, 15) is 4.79 Å². The summed E-state index contributed by atoms with van der Waals surface area (Å²) < 4.78 is 5.32. The molecule has 0 aromatic heterocycles. The van der Waals surface area contributed by atoms with Crippen LogP contribution in [0, 0.1) is 6.92 Å². The fraction of sp³-hybridized carbons (Fsp3) is 0.278. The van der Waals surface area contributed by atoms with Gasteiger partial charge in [-0.1, -0.05) is 48.0 Å². The molecule has 116 valence electrons. The highest BCUT2D eigenvalue weighted by Crippen LogP contribution is 2.24. The number of nitrogens with one attached hydrogen (secondary N) is 1. The molecule has 0 aliphatic heterocycles. The average molecular weight is 298 g/mol. The summed E-state index contributed by atoms with van der Waals surface area (Å²) >= 11 is 0. The SMILES string of the molecule is COc1ccccc1C(C)NC(=O)C(N)c1ccc(C)cc1. The summed E-state index contributed by atoms with van der Waals surface area (Å²) in [5.74, 6) is 0.543. The Hall–Kier alpha value is -2.33. The lowest BCUT2D eigenvalue weighted by atomic mass is 10.0. The van der Waals surface area contributed by atoms with Crippen LogP contribution in [0.2, 0.25) is 0 Å². The van der Waals surface area contributed by atoms with Gasteiger partial charge in [-0.2, -0.15) is 0 Å². The number of rotatable bonds is 5. The fourth-order valence-electron chi connectivity index (χ4n) is 2.33. The Balaban J connectivity index is 2.09. The minimum atomic E-state index is -0.683. The molecule has 2 aromatic rings. The van der Waals surface area contributed by atoms with Crippen LogP contribution in [0.25, 0.3) is 0 Å². The predicted octanol–water partition coefficient (Wildman–Crippen LogP) is 2.88. The van der Waals surface area contributed by atoms with E-state index in [0.29, 0.717) is 0 Å². The van der Waals surface area contributed by atoms with Gasteiger partial charge in [0.2, 0.25) is 5.91 Å². The summed E-state index contributed by atoms with van der Waals surface area (Å²) in [5, 5.41) is 2.94. The van der Waals surface area contributed by atoms with Crippen molar-refractivity contribution in [2.75, 3.05) is 7.11 Å². The van der Waals surface area contributed by atoms with E-state index in [4.69, 9.17) is 10.5 Å². The van der Waals surface area contributed by atoms with Crippen molar-refractivity contribution < 1.29 is 9.53 Å². The van der Waals surface area contributed by atoms with Crippen molar-refractivity contribution in [3.63, 3.8) is 0 Å². The zero-order chi connectivity index (χ0) is 16.1. The molecule has 3 N–H and O–H groups in total. The molecule has 0 saturated heterocycles. The summed E-state index contributed by atoms with van der Waals surface area (Å²) in [7, 11) is 1.62. The van der Waals surface area contributed by atoms with Gasteiger partial charge in [-0.3, -0.25) is 4.79 Å². The molecule has 1 amide bonds. The van der Waals surface area contributed by atoms with Gasteiger partial charge >= 0.3 is 0 Å². The quantitative estimate of drug-likeness (QED) is 0.892. The number of hydrogen-bond acceptors (Lipinski definition) is 3. The van der Waals surface area contributed by atoms with Gasteiger partial charge in [0, 0.05) is 5.56 Å². The van der Waals surface area contributed by atoms with Gasteiger partial charge in [0.1, 0.15) is 11.8 Å². The van der Waals surface area contributed by atoms with Gasteiger partial charge in [0.25, 0.3) is 0 Å². The Morgan fingerprint density at radius 2 is 1.77 bits per heavy atom. The van der Waals surface area contributed by atoms with Crippen LogP contribution in [0.3, 0.4) is 0 Å². The maximum Gasteiger partial charge on any atom is 0.241 e. The van der Waals surface area contributed by atoms with Crippen molar-refractivity contribution in [2.45, 2.75) is 25.9 Å². The summed E-state index contributed by atoms with van der Waals surface area (Å²) in [6.07, 6.45) is 0. The van der Waals surface area contributed by atoms with Gasteiger partial charge in [-0.25, -0.2) is 0 Å². The molecule has 0 saturated carbocycles. The van der Waals surface area contributed by atoms with E-state index >= 15 is 0 Å². The predicted molar refractivity (Wildman–Crippen MR) is 87.7 cm³/mol. The van der Waals surface area contributed by atoms with Crippen molar-refractivity contribution in [3.8, 4) is 5.75 Å². The van der Waals surface area contributed by atoms with E-state index in [2.05, 4.69) is 5.32 Å². The lowest BCUT2D eigenvalue weighted by Gasteiger charge is -2.20.